The fourth-order valence-corrected chi connectivity index (χ4v) is 4.05. The summed E-state index contributed by atoms with van der Waals surface area (Å²) >= 11 is 0. The minimum Gasteiger partial charge on any atom is -0.394 e. The summed E-state index contributed by atoms with van der Waals surface area (Å²) in [5.74, 6) is 0. The number of rotatable bonds is 7. The summed E-state index contributed by atoms with van der Waals surface area (Å²) in [6.07, 6.45) is -25.4. The summed E-state index contributed by atoms with van der Waals surface area (Å²) in [5.41, 5.74) is 0. The maximum Gasteiger partial charge on any atom is 0.187 e. The predicted octanol–water partition coefficient (Wildman–Crippen LogP) is -7.57. The van der Waals surface area contributed by atoms with Crippen LogP contribution in [0.25, 0.3) is 0 Å². The van der Waals surface area contributed by atoms with Crippen molar-refractivity contribution in [2.45, 2.75) is 92.1 Å². The molecule has 0 radical (unpaired) electrons. The third-order valence-corrected chi connectivity index (χ3v) is 6.09. The van der Waals surface area contributed by atoms with Gasteiger partial charge in [0, 0.05) is 0 Å². The first-order valence-electron chi connectivity index (χ1n) is 10.6. The van der Waals surface area contributed by atoms with Crippen LogP contribution >= 0.6 is 0 Å². The van der Waals surface area contributed by atoms with Gasteiger partial charge >= 0.3 is 0 Å². The number of aliphatic hydroxyl groups is 11. The maximum atomic E-state index is 10.8. The molecule has 11 N–H and O–H groups in total. The zero-order valence-electron chi connectivity index (χ0n) is 17.7. The minimum absolute atomic E-state index is 0.759. The normalized spacial score (nSPS) is 52.5. The van der Waals surface area contributed by atoms with Crippen LogP contribution in [-0.4, -0.2) is 168 Å². The van der Waals surface area contributed by atoms with Crippen molar-refractivity contribution in [2.75, 3.05) is 19.8 Å². The van der Waals surface area contributed by atoms with E-state index < -0.39 is 112 Å². The Morgan fingerprint density at radius 2 is 0.941 bits per heavy atom. The van der Waals surface area contributed by atoms with Gasteiger partial charge in [0.1, 0.15) is 73.2 Å². The van der Waals surface area contributed by atoms with E-state index in [4.69, 9.17) is 23.7 Å². The monoisotopic (exact) mass is 504 g/mol. The number of ether oxygens (including phenoxy) is 5. The van der Waals surface area contributed by atoms with Gasteiger partial charge in [-0.3, -0.25) is 0 Å². The Hall–Kier alpha value is -0.640. The maximum absolute atomic E-state index is 10.8. The first kappa shape index (κ1) is 27.9. The topological polar surface area (TPSA) is 269 Å². The standard InChI is InChI=1S/C18H32O16/c19-1-4-7(22)9(24)12(27)17(31-4)34-15-8(23)5(2-20)32-18(13(15)28)33-14-6(3-21)30-16(29)11(26)10(14)25/h4-29H,1-3H2/t4-,5-,6-,7+,8+,9+,10-,11-,12-,13-,14+,15+,16+,17-,18+/m1/s1. The summed E-state index contributed by atoms with van der Waals surface area (Å²) in [5, 5.41) is 109. The SMILES string of the molecule is OC[C@H]1O[C@H](O[C@H]2[C@@H](O)[C@@H](CO)O[C@@H](O[C@@H]3[C@H](O)[C@@H](O)[C@@H](O)O[C@@H]3CO)[C@@H]2O)[C@H](O)[C@@H](O)[C@H]1O. The van der Waals surface area contributed by atoms with Gasteiger partial charge in [-0.05, 0) is 0 Å². The fraction of sp³-hybridized carbons (Fsp3) is 1.00. The predicted molar refractivity (Wildman–Crippen MR) is 101 cm³/mol. The van der Waals surface area contributed by atoms with Crippen LogP contribution in [-0.2, 0) is 23.7 Å². The van der Waals surface area contributed by atoms with Crippen molar-refractivity contribution in [3.63, 3.8) is 0 Å². The van der Waals surface area contributed by atoms with Gasteiger partial charge in [-0.25, -0.2) is 0 Å². The van der Waals surface area contributed by atoms with E-state index in [0.717, 1.165) is 0 Å². The van der Waals surface area contributed by atoms with Crippen LogP contribution in [0.4, 0.5) is 0 Å². The third-order valence-electron chi connectivity index (χ3n) is 6.09. The number of aliphatic hydroxyl groups excluding tert-OH is 11. The van der Waals surface area contributed by atoms with E-state index in [1.54, 1.807) is 0 Å². The van der Waals surface area contributed by atoms with E-state index in [2.05, 4.69) is 0 Å². The van der Waals surface area contributed by atoms with Crippen LogP contribution in [0, 0.1) is 0 Å². The molecule has 15 atom stereocenters. The van der Waals surface area contributed by atoms with E-state index in [9.17, 15) is 56.2 Å². The molecule has 0 spiro atoms. The Morgan fingerprint density at radius 1 is 0.441 bits per heavy atom. The van der Waals surface area contributed by atoms with Gasteiger partial charge in [0.05, 0.1) is 19.8 Å². The molecular weight excluding hydrogens is 472 g/mol. The molecular formula is C18H32O16. The van der Waals surface area contributed by atoms with Gasteiger partial charge < -0.3 is 79.9 Å². The molecule has 0 aliphatic carbocycles. The van der Waals surface area contributed by atoms with Crippen LogP contribution in [0.2, 0.25) is 0 Å². The Morgan fingerprint density at radius 3 is 1.50 bits per heavy atom. The molecule has 0 aromatic heterocycles. The highest BCUT2D eigenvalue weighted by atomic mass is 16.7. The van der Waals surface area contributed by atoms with Gasteiger partial charge in [0.15, 0.2) is 18.9 Å². The van der Waals surface area contributed by atoms with Gasteiger partial charge in [-0.2, -0.15) is 0 Å². The number of hydrogen-bond donors (Lipinski definition) is 11. The molecule has 200 valence electrons. The quantitative estimate of drug-likeness (QED) is 0.154. The zero-order valence-corrected chi connectivity index (χ0v) is 17.7. The van der Waals surface area contributed by atoms with Crippen LogP contribution in [0.1, 0.15) is 0 Å². The highest BCUT2D eigenvalue weighted by Crippen LogP contribution is 2.32. The molecule has 0 saturated carbocycles. The molecule has 16 heteroatoms. The average molecular weight is 504 g/mol. The molecule has 3 heterocycles. The molecule has 0 unspecified atom stereocenters. The first-order valence-corrected chi connectivity index (χ1v) is 10.6. The Kier molecular flexibility index (Phi) is 9.54. The van der Waals surface area contributed by atoms with E-state index in [1.165, 1.54) is 0 Å². The second kappa shape index (κ2) is 11.6. The largest absolute Gasteiger partial charge is 0.394 e. The lowest BCUT2D eigenvalue weighted by molar-refractivity contribution is -0.378. The summed E-state index contributed by atoms with van der Waals surface area (Å²) in [4.78, 5) is 0. The molecule has 0 aromatic rings. The van der Waals surface area contributed by atoms with Crippen LogP contribution in [0.15, 0.2) is 0 Å². The molecule has 34 heavy (non-hydrogen) atoms. The Bertz CT molecular complexity index is 637. The molecule has 3 aliphatic heterocycles. The molecule has 3 aliphatic rings. The van der Waals surface area contributed by atoms with Crippen molar-refractivity contribution in [1.82, 2.24) is 0 Å². The zero-order chi connectivity index (χ0) is 25.3. The second-order valence-electron chi connectivity index (χ2n) is 8.33. The summed E-state index contributed by atoms with van der Waals surface area (Å²) < 4.78 is 26.4. The van der Waals surface area contributed by atoms with Crippen LogP contribution < -0.4 is 0 Å². The summed E-state index contributed by atoms with van der Waals surface area (Å²) in [7, 11) is 0. The lowest BCUT2D eigenvalue weighted by Crippen LogP contribution is -2.66. The van der Waals surface area contributed by atoms with Gasteiger partial charge in [0.2, 0.25) is 0 Å². The molecule has 0 aromatic carbocycles. The second-order valence-corrected chi connectivity index (χ2v) is 8.33. The van der Waals surface area contributed by atoms with Gasteiger partial charge in [-0.15, -0.1) is 0 Å². The molecule has 3 rings (SSSR count). The molecule has 16 nitrogen and oxygen atoms in total. The van der Waals surface area contributed by atoms with Crippen LogP contribution in [0.5, 0.6) is 0 Å². The molecule has 3 fully saturated rings. The summed E-state index contributed by atoms with van der Waals surface area (Å²) in [6.45, 7) is -2.34. The molecule has 0 bridgehead atoms. The summed E-state index contributed by atoms with van der Waals surface area (Å²) in [6, 6.07) is 0. The fourth-order valence-electron chi connectivity index (χ4n) is 4.05. The molecule has 3 saturated heterocycles. The van der Waals surface area contributed by atoms with Crippen molar-refractivity contribution in [3.05, 3.63) is 0 Å². The average Bonchev–Trinajstić information content (AvgIpc) is 2.83. The van der Waals surface area contributed by atoms with E-state index in [-0.39, 0.29) is 0 Å². The smallest absolute Gasteiger partial charge is 0.187 e. The van der Waals surface area contributed by atoms with Crippen LogP contribution in [0.3, 0.4) is 0 Å². The van der Waals surface area contributed by atoms with Crippen molar-refractivity contribution in [3.8, 4) is 0 Å². The van der Waals surface area contributed by atoms with E-state index in [1.807, 2.05) is 0 Å². The van der Waals surface area contributed by atoms with Crippen molar-refractivity contribution in [1.29, 1.82) is 0 Å². The highest BCUT2D eigenvalue weighted by molar-refractivity contribution is 4.96. The Balaban J connectivity index is 1.78. The van der Waals surface area contributed by atoms with Crippen molar-refractivity contribution >= 4 is 0 Å². The lowest BCUT2D eigenvalue weighted by atomic mass is 9.96. The van der Waals surface area contributed by atoms with Crippen molar-refractivity contribution < 1.29 is 79.9 Å². The van der Waals surface area contributed by atoms with Gasteiger partial charge in [0.25, 0.3) is 0 Å². The highest BCUT2D eigenvalue weighted by Gasteiger charge is 2.53. The minimum atomic E-state index is -1.90. The van der Waals surface area contributed by atoms with E-state index >= 15 is 0 Å². The third kappa shape index (κ3) is 5.37. The van der Waals surface area contributed by atoms with E-state index in [0.29, 0.717) is 0 Å². The Labute approximate surface area is 192 Å². The lowest BCUT2D eigenvalue weighted by Gasteiger charge is -2.47. The molecule has 0 amide bonds. The van der Waals surface area contributed by atoms with Gasteiger partial charge in [-0.1, -0.05) is 0 Å². The first-order chi connectivity index (χ1) is 16.0. The van der Waals surface area contributed by atoms with Crippen molar-refractivity contribution in [2.24, 2.45) is 0 Å². The number of hydrogen-bond acceptors (Lipinski definition) is 16.